The fraction of sp³-hybridized carbons (Fsp3) is 0.667. The highest BCUT2D eigenvalue weighted by molar-refractivity contribution is 5.29. The van der Waals surface area contributed by atoms with Gasteiger partial charge < -0.3 is 9.67 Å². The van der Waals surface area contributed by atoms with Gasteiger partial charge >= 0.3 is 0 Å². The molecule has 1 aromatic rings. The Morgan fingerprint density at radius 1 is 1.37 bits per heavy atom. The average Bonchev–Trinajstić information content (AvgIpc) is 2.42. The Kier molecular flexibility index (Phi) is 4.30. The van der Waals surface area contributed by atoms with E-state index in [4.69, 9.17) is 0 Å². The smallest absolute Gasteiger partial charge is 0.223 e. The molecule has 0 atom stereocenters. The molecule has 0 radical (unpaired) electrons. The molecular weight excluding hydrogens is 240 g/mol. The van der Waals surface area contributed by atoms with Crippen LogP contribution in [0.2, 0.25) is 0 Å². The molecule has 19 heavy (non-hydrogen) atoms. The van der Waals surface area contributed by atoms with Gasteiger partial charge in [-0.15, -0.1) is 0 Å². The molecule has 1 aromatic heterocycles. The molecule has 106 valence electrons. The van der Waals surface area contributed by atoms with Crippen LogP contribution in [0.3, 0.4) is 0 Å². The number of nitrogens with zero attached hydrogens (tertiary/aromatic N) is 2. The predicted molar refractivity (Wildman–Crippen MR) is 76.4 cm³/mol. The number of hydrogen-bond donors (Lipinski definition) is 1. The first-order valence-electron chi connectivity index (χ1n) is 7.09. The molecule has 0 amide bonds. The lowest BCUT2D eigenvalue weighted by Gasteiger charge is -2.31. The molecule has 0 spiro atoms. The van der Waals surface area contributed by atoms with E-state index in [1.165, 1.54) is 38.2 Å². The highest BCUT2D eigenvalue weighted by Gasteiger charge is 2.20. The van der Waals surface area contributed by atoms with Gasteiger partial charge in [-0.05, 0) is 26.8 Å². The maximum atomic E-state index is 11.7. The molecule has 4 nitrogen and oxygen atoms in total. The molecule has 0 saturated heterocycles. The van der Waals surface area contributed by atoms with Gasteiger partial charge in [0.2, 0.25) is 5.43 Å². The maximum absolute atomic E-state index is 11.7. The quantitative estimate of drug-likeness (QED) is 0.910. The van der Waals surface area contributed by atoms with Gasteiger partial charge in [-0.1, -0.05) is 19.3 Å². The summed E-state index contributed by atoms with van der Waals surface area (Å²) in [5.74, 6) is -0.101. The van der Waals surface area contributed by atoms with Crippen LogP contribution in [0.4, 0.5) is 0 Å². The normalized spacial score (nSPS) is 17.1. The van der Waals surface area contributed by atoms with E-state index in [9.17, 15) is 9.90 Å². The van der Waals surface area contributed by atoms with Crippen molar-refractivity contribution in [3.63, 3.8) is 0 Å². The van der Waals surface area contributed by atoms with E-state index in [-0.39, 0.29) is 11.2 Å². The number of aromatic hydroxyl groups is 1. The van der Waals surface area contributed by atoms with Crippen LogP contribution in [0.25, 0.3) is 0 Å². The zero-order valence-corrected chi connectivity index (χ0v) is 12.1. The Bertz CT molecular complexity index is 502. The van der Waals surface area contributed by atoms with Crippen molar-refractivity contribution in [1.29, 1.82) is 0 Å². The summed E-state index contributed by atoms with van der Waals surface area (Å²) in [6.45, 7) is 2.52. The van der Waals surface area contributed by atoms with Gasteiger partial charge in [0.25, 0.3) is 0 Å². The summed E-state index contributed by atoms with van der Waals surface area (Å²) in [5, 5.41) is 9.99. The molecule has 1 saturated carbocycles. The topological polar surface area (TPSA) is 45.5 Å². The van der Waals surface area contributed by atoms with Gasteiger partial charge in [-0.25, -0.2) is 0 Å². The summed E-state index contributed by atoms with van der Waals surface area (Å²) >= 11 is 0. The van der Waals surface area contributed by atoms with E-state index in [2.05, 4.69) is 11.9 Å². The minimum Gasteiger partial charge on any atom is -0.503 e. The lowest BCUT2D eigenvalue weighted by Crippen LogP contribution is -2.34. The van der Waals surface area contributed by atoms with Crippen molar-refractivity contribution in [3.8, 4) is 5.75 Å². The molecule has 1 N–H and O–H groups in total. The molecular formula is C15H24N2O2. The zero-order valence-electron chi connectivity index (χ0n) is 12.1. The van der Waals surface area contributed by atoms with Crippen LogP contribution >= 0.6 is 0 Å². The predicted octanol–water partition coefficient (Wildman–Crippen LogP) is 2.16. The molecule has 1 fully saturated rings. The van der Waals surface area contributed by atoms with Crippen LogP contribution in [0.1, 0.15) is 43.5 Å². The second kappa shape index (κ2) is 5.78. The fourth-order valence-corrected chi connectivity index (χ4v) is 2.94. The van der Waals surface area contributed by atoms with Crippen LogP contribution < -0.4 is 5.43 Å². The third-order valence-corrected chi connectivity index (χ3v) is 4.38. The highest BCUT2D eigenvalue weighted by Crippen LogP contribution is 2.24. The van der Waals surface area contributed by atoms with Gasteiger partial charge in [-0.3, -0.25) is 9.69 Å². The third-order valence-electron chi connectivity index (χ3n) is 4.38. The summed E-state index contributed by atoms with van der Waals surface area (Å²) in [4.78, 5) is 14.0. The monoisotopic (exact) mass is 264 g/mol. The van der Waals surface area contributed by atoms with Gasteiger partial charge in [-0.2, -0.15) is 0 Å². The van der Waals surface area contributed by atoms with E-state index in [0.29, 0.717) is 12.6 Å². The molecule has 0 aromatic carbocycles. The summed E-state index contributed by atoms with van der Waals surface area (Å²) in [7, 11) is 3.99. The van der Waals surface area contributed by atoms with E-state index in [1.807, 2.05) is 18.5 Å². The van der Waals surface area contributed by atoms with Crippen molar-refractivity contribution in [2.24, 2.45) is 7.05 Å². The SMILES string of the molecule is Cc1cc(=O)c(O)c(CN(C)C2CCCCC2)n1C. The van der Waals surface area contributed by atoms with Crippen LogP contribution in [0.15, 0.2) is 10.9 Å². The molecule has 4 heteroatoms. The Morgan fingerprint density at radius 3 is 2.63 bits per heavy atom. The van der Waals surface area contributed by atoms with E-state index in [0.717, 1.165) is 11.4 Å². The minimum absolute atomic E-state index is 0.101. The molecule has 1 heterocycles. The molecule has 0 bridgehead atoms. The van der Waals surface area contributed by atoms with Gasteiger partial charge in [0, 0.05) is 31.4 Å². The van der Waals surface area contributed by atoms with Crippen molar-refractivity contribution in [3.05, 3.63) is 27.7 Å². The van der Waals surface area contributed by atoms with E-state index < -0.39 is 0 Å². The Labute approximate surface area is 114 Å². The Balaban J connectivity index is 2.20. The van der Waals surface area contributed by atoms with Crippen molar-refractivity contribution < 1.29 is 5.11 Å². The first kappa shape index (κ1) is 14.1. The molecule has 2 rings (SSSR count). The number of aryl methyl sites for hydroxylation is 1. The molecule has 1 aliphatic carbocycles. The zero-order chi connectivity index (χ0) is 14.0. The lowest BCUT2D eigenvalue weighted by molar-refractivity contribution is 0.179. The van der Waals surface area contributed by atoms with Gasteiger partial charge in [0.15, 0.2) is 5.75 Å². The lowest BCUT2D eigenvalue weighted by atomic mass is 9.94. The van der Waals surface area contributed by atoms with E-state index in [1.54, 1.807) is 0 Å². The Hall–Kier alpha value is -1.29. The Morgan fingerprint density at radius 2 is 2.00 bits per heavy atom. The van der Waals surface area contributed by atoms with Crippen LogP contribution in [0, 0.1) is 6.92 Å². The first-order valence-corrected chi connectivity index (χ1v) is 7.09. The molecule has 0 unspecified atom stereocenters. The largest absolute Gasteiger partial charge is 0.503 e. The van der Waals surface area contributed by atoms with Crippen molar-refractivity contribution in [2.75, 3.05) is 7.05 Å². The minimum atomic E-state index is -0.275. The van der Waals surface area contributed by atoms with Crippen LogP contribution in [-0.4, -0.2) is 27.7 Å². The molecule has 0 aliphatic heterocycles. The summed E-state index contributed by atoms with van der Waals surface area (Å²) in [6.07, 6.45) is 6.34. The van der Waals surface area contributed by atoms with Gasteiger partial charge in [0.05, 0.1) is 5.69 Å². The van der Waals surface area contributed by atoms with Crippen LogP contribution in [-0.2, 0) is 13.6 Å². The summed E-state index contributed by atoms with van der Waals surface area (Å²) in [5.41, 5.74) is 1.33. The van der Waals surface area contributed by atoms with Gasteiger partial charge in [0.1, 0.15) is 0 Å². The van der Waals surface area contributed by atoms with Crippen molar-refractivity contribution in [1.82, 2.24) is 9.47 Å². The second-order valence-electron chi connectivity index (χ2n) is 5.71. The number of pyridine rings is 1. The summed E-state index contributed by atoms with van der Waals surface area (Å²) < 4.78 is 1.91. The van der Waals surface area contributed by atoms with Crippen LogP contribution in [0.5, 0.6) is 5.75 Å². The average molecular weight is 264 g/mol. The maximum Gasteiger partial charge on any atom is 0.223 e. The van der Waals surface area contributed by atoms with Crippen molar-refractivity contribution >= 4 is 0 Å². The summed E-state index contributed by atoms with van der Waals surface area (Å²) in [6, 6.07) is 2.06. The molecule has 1 aliphatic rings. The highest BCUT2D eigenvalue weighted by atomic mass is 16.3. The third kappa shape index (κ3) is 3.00. The fourth-order valence-electron chi connectivity index (χ4n) is 2.94. The van der Waals surface area contributed by atoms with E-state index >= 15 is 0 Å². The van der Waals surface area contributed by atoms with Crippen molar-refractivity contribution in [2.45, 2.75) is 51.6 Å². The number of hydrogen-bond acceptors (Lipinski definition) is 3. The number of aromatic nitrogens is 1. The first-order chi connectivity index (χ1) is 9.00. The number of rotatable bonds is 3. The second-order valence-corrected chi connectivity index (χ2v) is 5.71. The standard InChI is InChI=1S/C15H24N2O2/c1-11-9-14(18)15(19)13(17(11)3)10-16(2)12-7-5-4-6-8-12/h9,12,19H,4-8,10H2,1-3H3.